The van der Waals surface area contributed by atoms with Gasteiger partial charge < -0.3 is 10.4 Å². The fraction of sp³-hybridized carbons (Fsp3) is 0.462. The van der Waals surface area contributed by atoms with Gasteiger partial charge in [-0.25, -0.2) is 8.78 Å². The molecule has 0 saturated heterocycles. The molecule has 5 heteroatoms. The summed E-state index contributed by atoms with van der Waals surface area (Å²) in [5, 5.41) is 11.8. The van der Waals surface area contributed by atoms with Crippen LogP contribution in [0.4, 0.5) is 8.78 Å². The van der Waals surface area contributed by atoms with Crippen LogP contribution in [-0.4, -0.2) is 23.7 Å². The molecule has 0 aromatic heterocycles. The number of rotatable bonds is 7. The van der Waals surface area contributed by atoms with E-state index >= 15 is 0 Å². The average molecular weight is 257 g/mol. The van der Waals surface area contributed by atoms with Crippen molar-refractivity contribution in [1.29, 1.82) is 0 Å². The van der Waals surface area contributed by atoms with Crippen molar-refractivity contribution in [1.82, 2.24) is 5.32 Å². The molecule has 1 rings (SSSR count). The average Bonchev–Trinajstić information content (AvgIpc) is 2.30. The standard InChI is InChI=1S/C13H17F2NO2/c1-2-5-16-11(8-13(17)18)7-9-6-10(14)3-4-12(9)15/h3-4,6,11,16H,2,5,7-8H2,1H3,(H,17,18). The zero-order chi connectivity index (χ0) is 13.5. The molecule has 3 nitrogen and oxygen atoms in total. The van der Waals surface area contributed by atoms with Crippen LogP contribution in [-0.2, 0) is 11.2 Å². The molecular formula is C13H17F2NO2. The molecule has 0 aliphatic heterocycles. The Bertz CT molecular complexity index is 410. The molecule has 18 heavy (non-hydrogen) atoms. The summed E-state index contributed by atoms with van der Waals surface area (Å²) in [5.41, 5.74) is 0.199. The first-order chi connectivity index (χ1) is 8.52. The Kier molecular flexibility index (Phi) is 5.71. The van der Waals surface area contributed by atoms with Gasteiger partial charge in [0.1, 0.15) is 11.6 Å². The Labute approximate surface area is 105 Å². The van der Waals surface area contributed by atoms with Crippen LogP contribution < -0.4 is 5.32 Å². The SMILES string of the molecule is CCCNC(CC(=O)O)Cc1cc(F)ccc1F. The zero-order valence-corrected chi connectivity index (χ0v) is 10.2. The molecule has 0 aliphatic rings. The van der Waals surface area contributed by atoms with Crippen molar-refractivity contribution in [2.45, 2.75) is 32.2 Å². The van der Waals surface area contributed by atoms with Crippen LogP contribution in [0.15, 0.2) is 18.2 Å². The van der Waals surface area contributed by atoms with E-state index in [4.69, 9.17) is 5.11 Å². The highest BCUT2D eigenvalue weighted by Gasteiger charge is 2.15. The predicted molar refractivity (Wildman–Crippen MR) is 64.4 cm³/mol. The summed E-state index contributed by atoms with van der Waals surface area (Å²) in [7, 11) is 0. The van der Waals surface area contributed by atoms with Gasteiger partial charge in [-0.2, -0.15) is 0 Å². The molecule has 0 fully saturated rings. The van der Waals surface area contributed by atoms with E-state index in [-0.39, 0.29) is 18.4 Å². The Morgan fingerprint density at radius 1 is 1.44 bits per heavy atom. The summed E-state index contributed by atoms with van der Waals surface area (Å²) in [6.07, 6.45) is 0.896. The van der Waals surface area contributed by atoms with Crippen LogP contribution in [0.5, 0.6) is 0 Å². The van der Waals surface area contributed by atoms with Gasteiger partial charge in [-0.3, -0.25) is 4.79 Å². The largest absolute Gasteiger partial charge is 0.481 e. The second-order valence-corrected chi connectivity index (χ2v) is 4.19. The fourth-order valence-electron chi connectivity index (χ4n) is 1.74. The van der Waals surface area contributed by atoms with E-state index in [9.17, 15) is 13.6 Å². The predicted octanol–water partition coefficient (Wildman–Crippen LogP) is 2.35. The quantitative estimate of drug-likeness (QED) is 0.788. The van der Waals surface area contributed by atoms with Gasteiger partial charge in [-0.1, -0.05) is 6.92 Å². The Morgan fingerprint density at radius 3 is 2.78 bits per heavy atom. The molecule has 0 radical (unpaired) electrons. The van der Waals surface area contributed by atoms with Crippen molar-refractivity contribution in [3.05, 3.63) is 35.4 Å². The number of hydrogen-bond donors (Lipinski definition) is 2. The minimum Gasteiger partial charge on any atom is -0.481 e. The second-order valence-electron chi connectivity index (χ2n) is 4.19. The molecule has 100 valence electrons. The summed E-state index contributed by atoms with van der Waals surface area (Å²) in [6.45, 7) is 2.60. The van der Waals surface area contributed by atoms with Crippen LogP contribution in [0.1, 0.15) is 25.3 Å². The van der Waals surface area contributed by atoms with E-state index in [1.807, 2.05) is 6.92 Å². The van der Waals surface area contributed by atoms with Gasteiger partial charge >= 0.3 is 5.97 Å². The van der Waals surface area contributed by atoms with Crippen molar-refractivity contribution < 1.29 is 18.7 Å². The molecule has 1 atom stereocenters. The number of benzene rings is 1. The monoisotopic (exact) mass is 257 g/mol. The molecular weight excluding hydrogens is 240 g/mol. The van der Waals surface area contributed by atoms with Crippen molar-refractivity contribution in [2.24, 2.45) is 0 Å². The first kappa shape index (κ1) is 14.6. The maximum absolute atomic E-state index is 13.4. The molecule has 1 aromatic rings. The molecule has 0 heterocycles. The lowest BCUT2D eigenvalue weighted by Gasteiger charge is -2.17. The molecule has 0 bridgehead atoms. The fourth-order valence-corrected chi connectivity index (χ4v) is 1.74. The number of hydrogen-bond acceptors (Lipinski definition) is 2. The topological polar surface area (TPSA) is 49.3 Å². The third kappa shape index (κ3) is 4.79. The highest BCUT2D eigenvalue weighted by molar-refractivity contribution is 5.67. The lowest BCUT2D eigenvalue weighted by atomic mass is 10.0. The molecule has 0 aliphatic carbocycles. The van der Waals surface area contributed by atoms with E-state index in [0.29, 0.717) is 6.54 Å². The molecule has 1 aromatic carbocycles. The highest BCUT2D eigenvalue weighted by atomic mass is 19.1. The van der Waals surface area contributed by atoms with Gasteiger partial charge in [0.05, 0.1) is 6.42 Å². The molecule has 0 spiro atoms. The number of nitrogens with one attached hydrogen (secondary N) is 1. The smallest absolute Gasteiger partial charge is 0.304 e. The Hall–Kier alpha value is -1.49. The summed E-state index contributed by atoms with van der Waals surface area (Å²) < 4.78 is 26.5. The normalized spacial score (nSPS) is 12.4. The lowest BCUT2D eigenvalue weighted by Crippen LogP contribution is -2.34. The first-order valence-electron chi connectivity index (χ1n) is 5.92. The van der Waals surface area contributed by atoms with Gasteiger partial charge in [-0.05, 0) is 43.1 Å². The maximum Gasteiger partial charge on any atom is 0.304 e. The minimum absolute atomic E-state index is 0.115. The third-order valence-electron chi connectivity index (χ3n) is 2.58. The summed E-state index contributed by atoms with van der Waals surface area (Å²) in [4.78, 5) is 10.7. The van der Waals surface area contributed by atoms with E-state index in [0.717, 1.165) is 24.6 Å². The first-order valence-corrected chi connectivity index (χ1v) is 5.92. The van der Waals surface area contributed by atoms with Crippen molar-refractivity contribution in [3.63, 3.8) is 0 Å². The molecule has 0 saturated carbocycles. The Morgan fingerprint density at radius 2 is 2.17 bits per heavy atom. The number of carboxylic acid groups (broad SMARTS) is 1. The van der Waals surface area contributed by atoms with Gasteiger partial charge in [0.25, 0.3) is 0 Å². The van der Waals surface area contributed by atoms with Crippen molar-refractivity contribution in [2.75, 3.05) is 6.54 Å². The summed E-state index contributed by atoms with van der Waals surface area (Å²) in [6, 6.07) is 2.82. The van der Waals surface area contributed by atoms with Gasteiger partial charge in [-0.15, -0.1) is 0 Å². The highest BCUT2D eigenvalue weighted by Crippen LogP contribution is 2.13. The van der Waals surface area contributed by atoms with Crippen LogP contribution in [0.25, 0.3) is 0 Å². The van der Waals surface area contributed by atoms with Crippen LogP contribution >= 0.6 is 0 Å². The molecule has 2 N–H and O–H groups in total. The minimum atomic E-state index is -0.958. The third-order valence-corrected chi connectivity index (χ3v) is 2.58. The number of halogens is 2. The second kappa shape index (κ2) is 7.06. The van der Waals surface area contributed by atoms with Crippen molar-refractivity contribution in [3.8, 4) is 0 Å². The zero-order valence-electron chi connectivity index (χ0n) is 10.2. The van der Waals surface area contributed by atoms with E-state index in [1.54, 1.807) is 0 Å². The number of carbonyl (C=O) groups is 1. The maximum atomic E-state index is 13.4. The molecule has 0 amide bonds. The van der Waals surface area contributed by atoms with Gasteiger partial charge in [0, 0.05) is 6.04 Å². The van der Waals surface area contributed by atoms with Crippen LogP contribution in [0, 0.1) is 11.6 Å². The number of aliphatic carboxylic acids is 1. The molecule has 1 unspecified atom stereocenters. The number of carboxylic acids is 1. The van der Waals surface area contributed by atoms with E-state index in [2.05, 4.69) is 5.32 Å². The van der Waals surface area contributed by atoms with Crippen LogP contribution in [0.3, 0.4) is 0 Å². The van der Waals surface area contributed by atoms with E-state index in [1.165, 1.54) is 0 Å². The summed E-state index contributed by atoms with van der Waals surface area (Å²) >= 11 is 0. The van der Waals surface area contributed by atoms with E-state index < -0.39 is 23.6 Å². The van der Waals surface area contributed by atoms with Gasteiger partial charge in [0.2, 0.25) is 0 Å². The Balaban J connectivity index is 2.74. The van der Waals surface area contributed by atoms with Gasteiger partial charge in [0.15, 0.2) is 0 Å². The van der Waals surface area contributed by atoms with Crippen molar-refractivity contribution >= 4 is 5.97 Å². The van der Waals surface area contributed by atoms with Crippen LogP contribution in [0.2, 0.25) is 0 Å². The summed E-state index contributed by atoms with van der Waals surface area (Å²) in [5.74, 6) is -1.98. The lowest BCUT2D eigenvalue weighted by molar-refractivity contribution is -0.137.